The molecule has 7 nitrogen and oxygen atoms in total. The van der Waals surface area contributed by atoms with Crippen LogP contribution < -0.4 is 16.6 Å². The zero-order chi connectivity index (χ0) is 20.0. The van der Waals surface area contributed by atoms with Crippen LogP contribution in [0.5, 0.6) is 0 Å². The molecule has 0 spiro atoms. The molecule has 2 aromatic carbocycles. The molecule has 2 heterocycles. The maximum Gasteiger partial charge on any atom is 0.330 e. The highest BCUT2D eigenvalue weighted by molar-refractivity contribution is 7.22. The lowest BCUT2D eigenvalue weighted by Gasteiger charge is -2.10. The lowest BCUT2D eigenvalue weighted by molar-refractivity contribution is -0.115. The van der Waals surface area contributed by atoms with E-state index in [0.717, 1.165) is 4.57 Å². The molecule has 0 fully saturated rings. The highest BCUT2D eigenvalue weighted by atomic mass is 32.1. The monoisotopic (exact) mass is 398 g/mol. The quantitative estimate of drug-likeness (QED) is 0.573. The van der Waals surface area contributed by atoms with Crippen LogP contribution in [0.3, 0.4) is 0 Å². The van der Waals surface area contributed by atoms with E-state index in [1.807, 2.05) is 0 Å². The SMILES string of the molecule is Cn1c(=O)c2c(CC(=O)Nc3nc4ccc(F)cc4s3)cccc2n(C)c1=O. The normalized spacial score (nSPS) is 11.2. The lowest BCUT2D eigenvalue weighted by atomic mass is 10.1. The Morgan fingerprint density at radius 3 is 2.75 bits per heavy atom. The molecule has 0 unspecified atom stereocenters. The van der Waals surface area contributed by atoms with E-state index in [0.29, 0.717) is 31.8 Å². The summed E-state index contributed by atoms with van der Waals surface area (Å²) in [4.78, 5) is 41.5. The average molecular weight is 398 g/mol. The number of carbonyl (C=O) groups excluding carboxylic acids is 1. The molecule has 0 aliphatic rings. The first-order chi connectivity index (χ1) is 13.3. The van der Waals surface area contributed by atoms with Gasteiger partial charge in [0.05, 0.1) is 27.5 Å². The Balaban J connectivity index is 1.68. The Morgan fingerprint density at radius 1 is 1.18 bits per heavy atom. The third-order valence-electron chi connectivity index (χ3n) is 4.53. The molecule has 0 radical (unpaired) electrons. The molecule has 4 rings (SSSR count). The van der Waals surface area contributed by atoms with Gasteiger partial charge in [-0.15, -0.1) is 0 Å². The number of aromatic nitrogens is 3. The van der Waals surface area contributed by atoms with Crippen LogP contribution in [-0.2, 0) is 25.3 Å². The molecule has 1 amide bonds. The van der Waals surface area contributed by atoms with E-state index in [9.17, 15) is 18.8 Å². The van der Waals surface area contributed by atoms with Crippen LogP contribution >= 0.6 is 11.3 Å². The fourth-order valence-electron chi connectivity index (χ4n) is 3.13. The number of hydrogen-bond acceptors (Lipinski definition) is 5. The first-order valence-corrected chi connectivity index (χ1v) is 9.20. The molecule has 2 aromatic heterocycles. The van der Waals surface area contributed by atoms with Gasteiger partial charge < -0.3 is 5.32 Å². The number of fused-ring (bicyclic) bond motifs is 2. The summed E-state index contributed by atoms with van der Waals surface area (Å²) in [5.41, 5.74) is 0.695. The van der Waals surface area contributed by atoms with E-state index in [1.165, 1.54) is 35.1 Å². The highest BCUT2D eigenvalue weighted by Crippen LogP contribution is 2.26. The Hall–Kier alpha value is -3.33. The Labute approximate surface area is 161 Å². The number of carbonyl (C=O) groups is 1. The van der Waals surface area contributed by atoms with Crippen molar-refractivity contribution in [3.8, 4) is 0 Å². The van der Waals surface area contributed by atoms with Crippen LogP contribution in [0.1, 0.15) is 5.56 Å². The van der Waals surface area contributed by atoms with Crippen molar-refractivity contribution < 1.29 is 9.18 Å². The van der Waals surface area contributed by atoms with Crippen molar-refractivity contribution in [1.82, 2.24) is 14.1 Å². The average Bonchev–Trinajstić information content (AvgIpc) is 3.05. The maximum absolute atomic E-state index is 13.3. The van der Waals surface area contributed by atoms with Crippen molar-refractivity contribution in [3.63, 3.8) is 0 Å². The van der Waals surface area contributed by atoms with E-state index in [2.05, 4.69) is 10.3 Å². The number of aryl methyl sites for hydroxylation is 1. The summed E-state index contributed by atoms with van der Waals surface area (Å²) in [6, 6.07) is 9.26. The molecular weight excluding hydrogens is 383 g/mol. The standard InChI is InChI=1S/C19H15FN4O3S/c1-23-13-5-3-4-10(16(13)17(26)24(2)19(23)27)8-15(25)22-18-21-12-7-6-11(20)9-14(12)28-18/h3-7,9H,8H2,1-2H3,(H,21,22,25). The molecule has 0 saturated carbocycles. The first-order valence-electron chi connectivity index (χ1n) is 8.38. The zero-order valence-corrected chi connectivity index (χ0v) is 15.8. The fraction of sp³-hybridized carbons (Fsp3) is 0.158. The Kier molecular flexibility index (Phi) is 4.31. The molecule has 28 heavy (non-hydrogen) atoms. The minimum absolute atomic E-state index is 0.0604. The maximum atomic E-state index is 13.3. The minimum Gasteiger partial charge on any atom is -0.302 e. The van der Waals surface area contributed by atoms with Gasteiger partial charge in [-0.05, 0) is 29.8 Å². The molecule has 4 aromatic rings. The van der Waals surface area contributed by atoms with Gasteiger partial charge in [0.15, 0.2) is 5.13 Å². The fourth-order valence-corrected chi connectivity index (χ4v) is 4.04. The summed E-state index contributed by atoms with van der Waals surface area (Å²) in [6.45, 7) is 0. The third-order valence-corrected chi connectivity index (χ3v) is 5.46. The number of rotatable bonds is 3. The van der Waals surface area contributed by atoms with Gasteiger partial charge in [0, 0.05) is 14.1 Å². The summed E-state index contributed by atoms with van der Waals surface area (Å²) < 4.78 is 16.3. The number of halogens is 1. The van der Waals surface area contributed by atoms with Gasteiger partial charge in [-0.3, -0.25) is 18.7 Å². The van der Waals surface area contributed by atoms with Crippen LogP contribution in [0.2, 0.25) is 0 Å². The number of thiazole rings is 1. The number of amides is 1. The largest absolute Gasteiger partial charge is 0.330 e. The number of nitrogens with one attached hydrogen (secondary N) is 1. The van der Waals surface area contributed by atoms with E-state index in [1.54, 1.807) is 31.3 Å². The summed E-state index contributed by atoms with van der Waals surface area (Å²) in [5, 5.41) is 3.37. The van der Waals surface area contributed by atoms with Gasteiger partial charge in [-0.25, -0.2) is 14.2 Å². The molecule has 0 aliphatic heterocycles. The van der Waals surface area contributed by atoms with Crippen LogP contribution in [0, 0.1) is 5.82 Å². The predicted molar refractivity (Wildman–Crippen MR) is 106 cm³/mol. The molecule has 0 bridgehead atoms. The van der Waals surface area contributed by atoms with Gasteiger partial charge in [-0.2, -0.15) is 0 Å². The van der Waals surface area contributed by atoms with Gasteiger partial charge in [-0.1, -0.05) is 23.5 Å². The van der Waals surface area contributed by atoms with Gasteiger partial charge in [0.25, 0.3) is 5.56 Å². The molecule has 142 valence electrons. The predicted octanol–water partition coefficient (Wildman–Crippen LogP) is 2.17. The van der Waals surface area contributed by atoms with E-state index >= 15 is 0 Å². The summed E-state index contributed by atoms with van der Waals surface area (Å²) in [5.74, 6) is -0.728. The lowest BCUT2D eigenvalue weighted by Crippen LogP contribution is -2.37. The number of anilines is 1. The van der Waals surface area contributed by atoms with Gasteiger partial charge >= 0.3 is 5.69 Å². The second-order valence-electron chi connectivity index (χ2n) is 6.37. The van der Waals surface area contributed by atoms with Crippen molar-refractivity contribution in [1.29, 1.82) is 0 Å². The topological polar surface area (TPSA) is 86.0 Å². The van der Waals surface area contributed by atoms with Gasteiger partial charge in [0.1, 0.15) is 5.82 Å². The van der Waals surface area contributed by atoms with E-state index in [4.69, 9.17) is 0 Å². The zero-order valence-electron chi connectivity index (χ0n) is 15.0. The van der Waals surface area contributed by atoms with Gasteiger partial charge in [0.2, 0.25) is 5.91 Å². The molecule has 1 N–H and O–H groups in total. The van der Waals surface area contributed by atoms with E-state index < -0.39 is 11.2 Å². The second-order valence-corrected chi connectivity index (χ2v) is 7.40. The van der Waals surface area contributed by atoms with Crippen molar-refractivity contribution in [3.05, 3.63) is 68.6 Å². The first kappa shape index (κ1) is 18.1. The summed E-state index contributed by atoms with van der Waals surface area (Å²) in [6.07, 6.45) is -0.0604. The Morgan fingerprint density at radius 2 is 1.96 bits per heavy atom. The van der Waals surface area contributed by atoms with Crippen molar-refractivity contribution in [2.75, 3.05) is 5.32 Å². The van der Waals surface area contributed by atoms with Crippen molar-refractivity contribution in [2.45, 2.75) is 6.42 Å². The molecule has 0 saturated heterocycles. The molecule has 0 aliphatic carbocycles. The van der Waals surface area contributed by atoms with Crippen LogP contribution in [0.15, 0.2) is 46.0 Å². The molecular formula is C19H15FN4O3S. The second kappa shape index (κ2) is 6.68. The van der Waals surface area contributed by atoms with Crippen molar-refractivity contribution >= 4 is 43.5 Å². The van der Waals surface area contributed by atoms with Crippen LogP contribution in [-0.4, -0.2) is 20.0 Å². The van der Waals surface area contributed by atoms with Crippen molar-refractivity contribution in [2.24, 2.45) is 14.1 Å². The minimum atomic E-state index is -0.447. The summed E-state index contributed by atoms with van der Waals surface area (Å²) in [7, 11) is 2.98. The number of hydrogen-bond donors (Lipinski definition) is 1. The van der Waals surface area contributed by atoms with Crippen LogP contribution in [0.25, 0.3) is 21.1 Å². The third kappa shape index (κ3) is 2.99. The molecule has 9 heteroatoms. The Bertz CT molecular complexity index is 1370. The smallest absolute Gasteiger partial charge is 0.302 e. The summed E-state index contributed by atoms with van der Waals surface area (Å²) >= 11 is 1.17. The number of nitrogens with zero attached hydrogens (tertiary/aromatic N) is 3. The highest BCUT2D eigenvalue weighted by Gasteiger charge is 2.15. The van der Waals surface area contributed by atoms with E-state index in [-0.39, 0.29) is 18.1 Å². The van der Waals surface area contributed by atoms with Crippen LogP contribution in [0.4, 0.5) is 9.52 Å². The molecule has 0 atom stereocenters. The number of benzene rings is 2.